The lowest BCUT2D eigenvalue weighted by Crippen LogP contribution is -2.37. The Morgan fingerprint density at radius 2 is 1.95 bits per heavy atom. The van der Waals surface area contributed by atoms with Crippen LogP contribution >= 0.6 is 0 Å². The topological polar surface area (TPSA) is 95.9 Å². The Kier molecular flexibility index (Phi) is 7.64. The van der Waals surface area contributed by atoms with Crippen LogP contribution in [0.3, 0.4) is 0 Å². The average Bonchev–Trinajstić information content (AvgIpc) is 2.30. The van der Waals surface area contributed by atoms with Crippen LogP contribution in [0.25, 0.3) is 0 Å². The van der Waals surface area contributed by atoms with E-state index in [2.05, 4.69) is 5.32 Å². The molecule has 0 spiro atoms. The van der Waals surface area contributed by atoms with Gasteiger partial charge in [0.25, 0.3) is 0 Å². The summed E-state index contributed by atoms with van der Waals surface area (Å²) in [6, 6.07) is -0.825. The lowest BCUT2D eigenvalue weighted by Gasteiger charge is -2.21. The molecule has 0 aromatic rings. The van der Waals surface area contributed by atoms with Crippen molar-refractivity contribution < 1.29 is 24.2 Å². The minimum absolute atomic E-state index is 0.348. The molecule has 7 heteroatoms. The van der Waals surface area contributed by atoms with Gasteiger partial charge in [-0.1, -0.05) is 0 Å². The third-order valence-electron chi connectivity index (χ3n) is 2.52. The standard InChI is InChI=1S/C13H24N2O5/c1-13(2,3)20-12(19)14-8-6-5-7-10(11(17)18)15(4)9-16/h9-10H,5-8H2,1-4H3,(H,14,19)(H,17,18). The minimum Gasteiger partial charge on any atom is -0.480 e. The van der Waals surface area contributed by atoms with Crippen molar-refractivity contribution in [1.82, 2.24) is 10.2 Å². The molecule has 0 bridgehead atoms. The molecule has 20 heavy (non-hydrogen) atoms. The van der Waals surface area contributed by atoms with Crippen LogP contribution < -0.4 is 5.32 Å². The quantitative estimate of drug-likeness (QED) is 0.517. The Morgan fingerprint density at radius 3 is 2.40 bits per heavy atom. The van der Waals surface area contributed by atoms with E-state index in [1.54, 1.807) is 20.8 Å². The maximum atomic E-state index is 11.3. The second-order valence-electron chi connectivity index (χ2n) is 5.55. The molecule has 0 rings (SSSR count). The zero-order chi connectivity index (χ0) is 15.8. The summed E-state index contributed by atoms with van der Waals surface area (Å²) in [6.07, 6.45) is 1.57. The largest absolute Gasteiger partial charge is 0.480 e. The first-order valence-electron chi connectivity index (χ1n) is 6.54. The molecule has 1 atom stereocenters. The van der Waals surface area contributed by atoms with Gasteiger partial charge in [0, 0.05) is 13.6 Å². The van der Waals surface area contributed by atoms with E-state index < -0.39 is 23.7 Å². The number of ether oxygens (including phenoxy) is 1. The number of carboxylic acid groups (broad SMARTS) is 1. The van der Waals surface area contributed by atoms with Gasteiger partial charge in [-0.2, -0.15) is 0 Å². The number of alkyl carbamates (subject to hydrolysis) is 1. The molecular weight excluding hydrogens is 264 g/mol. The van der Waals surface area contributed by atoms with E-state index in [1.165, 1.54) is 7.05 Å². The van der Waals surface area contributed by atoms with Crippen LogP contribution in [0.5, 0.6) is 0 Å². The first-order valence-corrected chi connectivity index (χ1v) is 6.54. The van der Waals surface area contributed by atoms with E-state index in [0.29, 0.717) is 32.2 Å². The number of hydrogen-bond acceptors (Lipinski definition) is 4. The Hall–Kier alpha value is -1.79. The molecule has 0 heterocycles. The molecule has 0 aliphatic carbocycles. The summed E-state index contributed by atoms with van der Waals surface area (Å²) in [5.41, 5.74) is -0.537. The summed E-state index contributed by atoms with van der Waals surface area (Å²) < 4.78 is 5.06. The third kappa shape index (κ3) is 8.34. The zero-order valence-corrected chi connectivity index (χ0v) is 12.5. The van der Waals surface area contributed by atoms with E-state index >= 15 is 0 Å². The first-order chi connectivity index (χ1) is 9.17. The van der Waals surface area contributed by atoms with Gasteiger partial charge in [0.05, 0.1) is 0 Å². The van der Waals surface area contributed by atoms with Crippen molar-refractivity contribution >= 4 is 18.5 Å². The average molecular weight is 288 g/mol. The van der Waals surface area contributed by atoms with Crippen molar-refractivity contribution in [3.05, 3.63) is 0 Å². The van der Waals surface area contributed by atoms with E-state index in [9.17, 15) is 14.4 Å². The van der Waals surface area contributed by atoms with E-state index in [-0.39, 0.29) is 0 Å². The summed E-state index contributed by atoms with van der Waals surface area (Å²) >= 11 is 0. The monoisotopic (exact) mass is 288 g/mol. The number of rotatable bonds is 8. The molecule has 0 aromatic carbocycles. The number of hydrogen-bond donors (Lipinski definition) is 2. The van der Waals surface area contributed by atoms with Crippen molar-refractivity contribution in [1.29, 1.82) is 0 Å². The number of likely N-dealkylation sites (N-methyl/N-ethyl adjacent to an activating group) is 1. The number of nitrogens with zero attached hydrogens (tertiary/aromatic N) is 1. The number of unbranched alkanes of at least 4 members (excludes halogenated alkanes) is 1. The Bertz CT molecular complexity index is 338. The maximum Gasteiger partial charge on any atom is 0.407 e. The molecule has 0 aliphatic heterocycles. The highest BCUT2D eigenvalue weighted by atomic mass is 16.6. The van der Waals surface area contributed by atoms with Crippen LogP contribution in [0.15, 0.2) is 0 Å². The number of amides is 2. The second-order valence-corrected chi connectivity index (χ2v) is 5.55. The molecule has 0 fully saturated rings. The van der Waals surface area contributed by atoms with Crippen LogP contribution in [0, 0.1) is 0 Å². The van der Waals surface area contributed by atoms with Gasteiger partial charge >= 0.3 is 12.1 Å². The van der Waals surface area contributed by atoms with Crippen LogP contribution in [0.4, 0.5) is 4.79 Å². The molecular formula is C13H24N2O5. The van der Waals surface area contributed by atoms with Gasteiger partial charge in [-0.05, 0) is 40.0 Å². The normalized spacial score (nSPS) is 12.4. The lowest BCUT2D eigenvalue weighted by atomic mass is 10.1. The molecule has 0 aliphatic rings. The second kappa shape index (κ2) is 8.39. The highest BCUT2D eigenvalue weighted by Gasteiger charge is 2.20. The summed E-state index contributed by atoms with van der Waals surface area (Å²) in [5, 5.41) is 11.6. The van der Waals surface area contributed by atoms with Gasteiger partial charge in [0.15, 0.2) is 0 Å². The van der Waals surface area contributed by atoms with E-state index in [1.807, 2.05) is 0 Å². The molecule has 116 valence electrons. The van der Waals surface area contributed by atoms with Crippen LogP contribution in [0.1, 0.15) is 40.0 Å². The Labute approximate surface area is 119 Å². The molecule has 0 aromatic heterocycles. The number of carbonyl (C=O) groups excluding carboxylic acids is 2. The minimum atomic E-state index is -1.03. The van der Waals surface area contributed by atoms with Gasteiger partial charge < -0.3 is 20.1 Å². The van der Waals surface area contributed by atoms with Crippen molar-refractivity contribution in [2.24, 2.45) is 0 Å². The fraction of sp³-hybridized carbons (Fsp3) is 0.769. The molecule has 0 saturated heterocycles. The van der Waals surface area contributed by atoms with Gasteiger partial charge in [0.2, 0.25) is 6.41 Å². The number of carbonyl (C=O) groups is 3. The lowest BCUT2D eigenvalue weighted by molar-refractivity contribution is -0.145. The highest BCUT2D eigenvalue weighted by molar-refractivity contribution is 5.76. The summed E-state index contributed by atoms with van der Waals surface area (Å²) in [4.78, 5) is 34.0. The van der Waals surface area contributed by atoms with Crippen molar-refractivity contribution in [3.8, 4) is 0 Å². The fourth-order valence-corrected chi connectivity index (χ4v) is 1.54. The number of nitrogens with one attached hydrogen (secondary N) is 1. The van der Waals surface area contributed by atoms with E-state index in [4.69, 9.17) is 9.84 Å². The van der Waals surface area contributed by atoms with Crippen LogP contribution in [0.2, 0.25) is 0 Å². The van der Waals surface area contributed by atoms with Crippen LogP contribution in [-0.4, -0.2) is 53.7 Å². The van der Waals surface area contributed by atoms with Gasteiger partial charge in [-0.15, -0.1) is 0 Å². The van der Waals surface area contributed by atoms with Crippen molar-refractivity contribution in [2.75, 3.05) is 13.6 Å². The predicted octanol–water partition coefficient (Wildman–Crippen LogP) is 1.22. The van der Waals surface area contributed by atoms with Gasteiger partial charge in [-0.3, -0.25) is 4.79 Å². The molecule has 7 nitrogen and oxygen atoms in total. The molecule has 0 saturated carbocycles. The SMILES string of the molecule is CN(C=O)C(CCCCNC(=O)OC(C)(C)C)C(=O)O. The summed E-state index contributed by atoms with van der Waals surface area (Å²) in [6.45, 7) is 5.74. The highest BCUT2D eigenvalue weighted by Crippen LogP contribution is 2.08. The van der Waals surface area contributed by atoms with Crippen LogP contribution in [-0.2, 0) is 14.3 Å². The third-order valence-corrected chi connectivity index (χ3v) is 2.52. The Morgan fingerprint density at radius 1 is 1.35 bits per heavy atom. The smallest absolute Gasteiger partial charge is 0.407 e. The predicted molar refractivity (Wildman–Crippen MR) is 73.3 cm³/mol. The van der Waals surface area contributed by atoms with Gasteiger partial charge in [0.1, 0.15) is 11.6 Å². The molecule has 2 amide bonds. The maximum absolute atomic E-state index is 11.3. The van der Waals surface area contributed by atoms with Crippen molar-refractivity contribution in [3.63, 3.8) is 0 Å². The van der Waals surface area contributed by atoms with Gasteiger partial charge in [-0.25, -0.2) is 9.59 Å². The van der Waals surface area contributed by atoms with Crippen molar-refractivity contribution in [2.45, 2.75) is 51.7 Å². The zero-order valence-electron chi connectivity index (χ0n) is 12.5. The van der Waals surface area contributed by atoms with E-state index in [0.717, 1.165) is 4.90 Å². The Balaban J connectivity index is 3.88. The number of aliphatic carboxylic acids is 1. The summed E-state index contributed by atoms with van der Waals surface area (Å²) in [7, 11) is 1.44. The first kappa shape index (κ1) is 18.2. The fourth-order valence-electron chi connectivity index (χ4n) is 1.54. The summed E-state index contributed by atoms with van der Waals surface area (Å²) in [5.74, 6) is -1.03. The molecule has 2 N–H and O–H groups in total. The molecule has 1 unspecified atom stereocenters. The number of carboxylic acids is 1. The molecule has 0 radical (unpaired) electrons.